The Bertz CT molecular complexity index is 890. The minimum Gasteiger partial charge on any atom is -0.268 e. The van der Waals surface area contributed by atoms with Gasteiger partial charge in [-0.3, -0.25) is 4.68 Å². The van der Waals surface area contributed by atoms with Crippen LogP contribution in [0.3, 0.4) is 0 Å². The van der Waals surface area contributed by atoms with E-state index in [1.54, 1.807) is 0 Å². The second-order valence-corrected chi connectivity index (χ2v) is 7.67. The van der Waals surface area contributed by atoms with E-state index in [9.17, 15) is 0 Å². The van der Waals surface area contributed by atoms with Crippen molar-refractivity contribution >= 4 is 34.7 Å². The second kappa shape index (κ2) is 5.98. The summed E-state index contributed by atoms with van der Waals surface area (Å²) in [4.78, 5) is 0. The summed E-state index contributed by atoms with van der Waals surface area (Å²) in [7, 11) is 1.41. The summed E-state index contributed by atoms with van der Waals surface area (Å²) >= 11 is 0. The van der Waals surface area contributed by atoms with E-state index in [2.05, 4.69) is 84.0 Å². The van der Waals surface area contributed by atoms with Crippen molar-refractivity contribution in [3.8, 4) is 0 Å². The second-order valence-electron chi connectivity index (χ2n) is 5.48. The molecule has 0 saturated heterocycles. The van der Waals surface area contributed by atoms with Gasteiger partial charge in [0.05, 0.1) is 11.7 Å². The first-order valence-corrected chi connectivity index (χ1v) is 9.00. The molecule has 112 valence electrons. The van der Waals surface area contributed by atoms with Crippen LogP contribution in [0.4, 0.5) is 0 Å². The first-order chi connectivity index (χ1) is 11.3. The van der Waals surface area contributed by atoms with Crippen molar-refractivity contribution in [2.45, 2.75) is 0 Å². The van der Waals surface area contributed by atoms with E-state index < -0.39 is 7.92 Å². The van der Waals surface area contributed by atoms with Crippen LogP contribution in [0.25, 0.3) is 10.9 Å². The van der Waals surface area contributed by atoms with Crippen molar-refractivity contribution in [1.29, 1.82) is 0 Å². The molecule has 4 aromatic rings. The third-order valence-corrected chi connectivity index (χ3v) is 6.54. The fourth-order valence-electron chi connectivity index (χ4n) is 2.94. The van der Waals surface area contributed by atoms with Crippen LogP contribution in [-0.4, -0.2) is 9.78 Å². The van der Waals surface area contributed by atoms with Crippen LogP contribution in [0.15, 0.2) is 85.1 Å². The fourth-order valence-corrected chi connectivity index (χ4v) is 5.38. The minimum atomic E-state index is -0.586. The molecule has 0 amide bonds. The quantitative estimate of drug-likeness (QED) is 0.530. The van der Waals surface area contributed by atoms with Crippen molar-refractivity contribution in [1.82, 2.24) is 9.78 Å². The number of aromatic nitrogens is 2. The Hall–Kier alpha value is -2.44. The summed E-state index contributed by atoms with van der Waals surface area (Å²) in [6.07, 6.45) is 1.99. The zero-order chi connectivity index (χ0) is 15.6. The van der Waals surface area contributed by atoms with Gasteiger partial charge < -0.3 is 0 Å². The van der Waals surface area contributed by atoms with E-state index in [1.807, 2.05) is 17.9 Å². The number of hydrogen-bond donors (Lipinski definition) is 0. The van der Waals surface area contributed by atoms with E-state index in [0.29, 0.717) is 0 Å². The molecule has 3 heteroatoms. The monoisotopic (exact) mass is 316 g/mol. The van der Waals surface area contributed by atoms with Crippen LogP contribution in [-0.2, 0) is 7.05 Å². The lowest BCUT2D eigenvalue weighted by Crippen LogP contribution is -2.20. The van der Waals surface area contributed by atoms with Gasteiger partial charge in [0, 0.05) is 12.4 Å². The van der Waals surface area contributed by atoms with Gasteiger partial charge in [0.25, 0.3) is 0 Å². The molecule has 2 nitrogen and oxygen atoms in total. The van der Waals surface area contributed by atoms with Gasteiger partial charge in [-0.15, -0.1) is 0 Å². The van der Waals surface area contributed by atoms with Crippen LogP contribution in [0.1, 0.15) is 0 Å². The third kappa shape index (κ3) is 2.56. The van der Waals surface area contributed by atoms with Crippen LogP contribution in [0.5, 0.6) is 0 Å². The number of nitrogens with zero attached hydrogens (tertiary/aromatic N) is 2. The van der Waals surface area contributed by atoms with Gasteiger partial charge in [-0.2, -0.15) is 5.10 Å². The molecule has 0 atom stereocenters. The Morgan fingerprint density at radius 2 is 1.35 bits per heavy atom. The average Bonchev–Trinajstić information content (AvgIpc) is 2.99. The zero-order valence-electron chi connectivity index (χ0n) is 12.9. The first kappa shape index (κ1) is 14.2. The Balaban J connectivity index is 1.98. The number of hydrogen-bond acceptors (Lipinski definition) is 1. The van der Waals surface area contributed by atoms with Gasteiger partial charge in [0.1, 0.15) is 0 Å². The molecule has 0 aliphatic rings. The van der Waals surface area contributed by atoms with E-state index >= 15 is 0 Å². The maximum atomic E-state index is 4.45. The third-order valence-electron chi connectivity index (χ3n) is 4.04. The number of benzene rings is 3. The van der Waals surface area contributed by atoms with E-state index in [0.717, 1.165) is 0 Å². The summed E-state index contributed by atoms with van der Waals surface area (Å²) in [6, 6.07) is 28.1. The molecule has 0 saturated carbocycles. The molecule has 0 aliphatic heterocycles. The topological polar surface area (TPSA) is 17.8 Å². The van der Waals surface area contributed by atoms with Crippen molar-refractivity contribution in [3.05, 3.63) is 85.1 Å². The smallest absolute Gasteiger partial charge is 0.0685 e. The predicted molar refractivity (Wildman–Crippen MR) is 99.4 cm³/mol. The van der Waals surface area contributed by atoms with Crippen molar-refractivity contribution < 1.29 is 0 Å². The predicted octanol–water partition coefficient (Wildman–Crippen LogP) is 3.33. The Morgan fingerprint density at radius 3 is 1.96 bits per heavy atom. The molecule has 23 heavy (non-hydrogen) atoms. The lowest BCUT2D eigenvalue weighted by atomic mass is 10.2. The lowest BCUT2D eigenvalue weighted by Gasteiger charge is -2.20. The molecule has 4 rings (SSSR count). The van der Waals surface area contributed by atoms with Gasteiger partial charge in [-0.1, -0.05) is 72.8 Å². The van der Waals surface area contributed by atoms with Crippen LogP contribution in [0.2, 0.25) is 0 Å². The molecule has 0 spiro atoms. The molecule has 3 aromatic carbocycles. The number of rotatable bonds is 3. The van der Waals surface area contributed by atoms with Gasteiger partial charge in [0.2, 0.25) is 0 Å². The highest BCUT2D eigenvalue weighted by Crippen LogP contribution is 2.35. The van der Waals surface area contributed by atoms with Gasteiger partial charge in [-0.05, 0) is 29.9 Å². The molecule has 0 fully saturated rings. The molecular formula is C20H17N2P. The minimum absolute atomic E-state index is 0.586. The van der Waals surface area contributed by atoms with E-state index in [-0.39, 0.29) is 0 Å². The molecule has 1 heterocycles. The largest absolute Gasteiger partial charge is 0.268 e. The lowest BCUT2D eigenvalue weighted by molar-refractivity contribution is 0.797. The summed E-state index contributed by atoms with van der Waals surface area (Å²) in [5.74, 6) is 0. The summed E-state index contributed by atoms with van der Waals surface area (Å²) in [6.45, 7) is 0. The fraction of sp³-hybridized carbons (Fsp3) is 0.0500. The molecule has 0 aliphatic carbocycles. The van der Waals surface area contributed by atoms with Crippen molar-refractivity contribution in [2.75, 3.05) is 0 Å². The average molecular weight is 316 g/mol. The molecule has 0 bridgehead atoms. The first-order valence-electron chi connectivity index (χ1n) is 7.65. The zero-order valence-corrected chi connectivity index (χ0v) is 13.8. The SMILES string of the molecule is Cn1ncc2c(P(c3ccccc3)c3ccccc3)cccc21. The molecule has 1 aromatic heterocycles. The van der Waals surface area contributed by atoms with Gasteiger partial charge >= 0.3 is 0 Å². The van der Waals surface area contributed by atoms with E-state index in [4.69, 9.17) is 0 Å². The highest BCUT2D eigenvalue weighted by Gasteiger charge is 2.19. The Kier molecular flexibility index (Phi) is 3.69. The Labute approximate surface area is 137 Å². The molecular weight excluding hydrogens is 299 g/mol. The van der Waals surface area contributed by atoms with Crippen LogP contribution >= 0.6 is 7.92 Å². The normalized spacial score (nSPS) is 11.2. The highest BCUT2D eigenvalue weighted by atomic mass is 31.1. The maximum Gasteiger partial charge on any atom is 0.0685 e. The highest BCUT2D eigenvalue weighted by molar-refractivity contribution is 7.80. The number of aryl methyl sites for hydroxylation is 1. The molecule has 0 N–H and O–H groups in total. The standard InChI is InChI=1S/C20H17N2P/c1-22-19-13-8-14-20(18(19)15-21-22)23(16-9-4-2-5-10-16)17-11-6-3-7-12-17/h2-15H,1H3. The van der Waals surface area contributed by atoms with Gasteiger partial charge in [0.15, 0.2) is 0 Å². The maximum absolute atomic E-state index is 4.45. The summed E-state index contributed by atoms with van der Waals surface area (Å²) in [5, 5.41) is 9.79. The van der Waals surface area contributed by atoms with Crippen molar-refractivity contribution in [3.63, 3.8) is 0 Å². The van der Waals surface area contributed by atoms with Crippen LogP contribution < -0.4 is 15.9 Å². The molecule has 0 radical (unpaired) electrons. The summed E-state index contributed by atoms with van der Waals surface area (Å²) in [5.41, 5.74) is 1.18. The molecule has 0 unspecified atom stereocenters. The van der Waals surface area contributed by atoms with Gasteiger partial charge in [-0.25, -0.2) is 0 Å². The Morgan fingerprint density at radius 1 is 0.739 bits per heavy atom. The number of fused-ring (bicyclic) bond motifs is 1. The van der Waals surface area contributed by atoms with Crippen molar-refractivity contribution in [2.24, 2.45) is 7.05 Å². The van der Waals surface area contributed by atoms with E-state index in [1.165, 1.54) is 26.8 Å². The summed E-state index contributed by atoms with van der Waals surface area (Å²) < 4.78 is 1.95. The van der Waals surface area contributed by atoms with Crippen LogP contribution in [0, 0.1) is 0 Å².